The molecule has 0 aromatic heterocycles. The summed E-state index contributed by atoms with van der Waals surface area (Å²) < 4.78 is 0.799. The van der Waals surface area contributed by atoms with Crippen molar-refractivity contribution in [3.05, 3.63) is 57.5 Å². The highest BCUT2D eigenvalue weighted by molar-refractivity contribution is 9.10. The van der Waals surface area contributed by atoms with Crippen LogP contribution in [0, 0.1) is 0 Å². The lowest BCUT2D eigenvalue weighted by atomic mass is 10.2. The van der Waals surface area contributed by atoms with Crippen molar-refractivity contribution < 1.29 is 4.79 Å². The quantitative estimate of drug-likeness (QED) is 0.886. The summed E-state index contributed by atoms with van der Waals surface area (Å²) in [7, 11) is 3.91. The fraction of sp³-hybridized carbons (Fsp3) is 0.133. The highest BCUT2D eigenvalue weighted by Crippen LogP contribution is 2.25. The van der Waals surface area contributed by atoms with Crippen molar-refractivity contribution in [3.8, 4) is 0 Å². The van der Waals surface area contributed by atoms with E-state index in [0.717, 1.165) is 10.2 Å². The van der Waals surface area contributed by atoms with Gasteiger partial charge in [-0.1, -0.05) is 11.6 Å². The number of rotatable bonds is 3. The summed E-state index contributed by atoms with van der Waals surface area (Å²) in [4.78, 5) is 14.1. The van der Waals surface area contributed by atoms with Crippen molar-refractivity contribution >= 4 is 44.8 Å². The van der Waals surface area contributed by atoms with Crippen LogP contribution in [0.15, 0.2) is 46.9 Å². The molecule has 2 rings (SSSR count). The molecule has 0 heterocycles. The van der Waals surface area contributed by atoms with E-state index in [1.54, 1.807) is 30.3 Å². The number of hydrogen-bond acceptors (Lipinski definition) is 2. The zero-order valence-corrected chi connectivity index (χ0v) is 13.5. The van der Waals surface area contributed by atoms with E-state index in [-0.39, 0.29) is 5.91 Å². The van der Waals surface area contributed by atoms with Gasteiger partial charge in [0.05, 0.1) is 5.02 Å². The second kappa shape index (κ2) is 6.29. The molecular formula is C15H14BrClN2O. The van der Waals surface area contributed by atoms with Crippen LogP contribution in [0.25, 0.3) is 0 Å². The van der Waals surface area contributed by atoms with Crippen molar-refractivity contribution in [1.82, 2.24) is 0 Å². The van der Waals surface area contributed by atoms with Crippen molar-refractivity contribution in [1.29, 1.82) is 0 Å². The van der Waals surface area contributed by atoms with Gasteiger partial charge in [0.2, 0.25) is 0 Å². The van der Waals surface area contributed by atoms with Crippen LogP contribution in [0.2, 0.25) is 5.02 Å². The van der Waals surface area contributed by atoms with Gasteiger partial charge in [-0.2, -0.15) is 0 Å². The number of nitrogens with one attached hydrogen (secondary N) is 1. The summed E-state index contributed by atoms with van der Waals surface area (Å²) in [5.41, 5.74) is 2.32. The molecular weight excluding hydrogens is 340 g/mol. The highest BCUT2D eigenvalue weighted by atomic mass is 79.9. The number of carbonyl (C=O) groups excluding carboxylic acids is 1. The molecule has 2 aromatic carbocycles. The van der Waals surface area contributed by atoms with Gasteiger partial charge in [-0.25, -0.2) is 0 Å². The summed E-state index contributed by atoms with van der Waals surface area (Å²) >= 11 is 9.31. The van der Waals surface area contributed by atoms with Gasteiger partial charge in [-0.3, -0.25) is 4.79 Å². The van der Waals surface area contributed by atoms with Gasteiger partial charge in [-0.05, 0) is 58.4 Å². The van der Waals surface area contributed by atoms with Crippen molar-refractivity contribution in [2.24, 2.45) is 0 Å². The molecule has 5 heteroatoms. The van der Waals surface area contributed by atoms with E-state index in [2.05, 4.69) is 21.2 Å². The number of benzene rings is 2. The van der Waals surface area contributed by atoms with Crippen LogP contribution in [0.1, 0.15) is 10.4 Å². The molecule has 1 amide bonds. The third-order valence-corrected chi connectivity index (χ3v) is 4.06. The maximum atomic E-state index is 12.1. The molecule has 0 fully saturated rings. The fourth-order valence-corrected chi connectivity index (χ4v) is 2.12. The lowest BCUT2D eigenvalue weighted by Gasteiger charge is -2.12. The third kappa shape index (κ3) is 3.52. The van der Waals surface area contributed by atoms with Crippen molar-refractivity contribution in [3.63, 3.8) is 0 Å². The lowest BCUT2D eigenvalue weighted by Crippen LogP contribution is -2.13. The van der Waals surface area contributed by atoms with E-state index in [1.807, 2.05) is 31.1 Å². The smallest absolute Gasteiger partial charge is 0.255 e. The summed E-state index contributed by atoms with van der Waals surface area (Å²) in [6.07, 6.45) is 0. The Labute approximate surface area is 131 Å². The number of halogens is 2. The zero-order valence-electron chi connectivity index (χ0n) is 11.2. The summed E-state index contributed by atoms with van der Waals surface area (Å²) in [6.45, 7) is 0. The van der Waals surface area contributed by atoms with E-state index < -0.39 is 0 Å². The normalized spacial score (nSPS) is 10.2. The molecule has 0 aliphatic rings. The van der Waals surface area contributed by atoms with Gasteiger partial charge in [-0.15, -0.1) is 0 Å². The first kappa shape index (κ1) is 14.9. The SMILES string of the molecule is CN(C)c1ccc(C(=O)Nc2ccc(Br)c(Cl)c2)cc1. The standard InChI is InChI=1S/C15H14BrClN2O/c1-19(2)12-6-3-10(4-7-12)15(20)18-11-5-8-13(16)14(17)9-11/h3-9H,1-2H3,(H,18,20). The molecule has 0 bridgehead atoms. The number of anilines is 2. The van der Waals surface area contributed by atoms with Crippen molar-refractivity contribution in [2.75, 3.05) is 24.3 Å². The maximum absolute atomic E-state index is 12.1. The highest BCUT2D eigenvalue weighted by Gasteiger charge is 2.07. The molecule has 0 saturated carbocycles. The molecule has 0 atom stereocenters. The first-order valence-electron chi connectivity index (χ1n) is 6.01. The second-order valence-corrected chi connectivity index (χ2v) is 5.79. The van der Waals surface area contributed by atoms with E-state index in [0.29, 0.717) is 16.3 Å². The fourth-order valence-electron chi connectivity index (χ4n) is 1.69. The van der Waals surface area contributed by atoms with Gasteiger partial charge in [0.15, 0.2) is 0 Å². The van der Waals surface area contributed by atoms with Gasteiger partial charge in [0, 0.05) is 35.5 Å². The van der Waals surface area contributed by atoms with E-state index >= 15 is 0 Å². The first-order valence-corrected chi connectivity index (χ1v) is 7.18. The third-order valence-electron chi connectivity index (χ3n) is 2.82. The molecule has 1 N–H and O–H groups in total. The molecule has 0 spiro atoms. The topological polar surface area (TPSA) is 32.3 Å². The Morgan fingerprint density at radius 3 is 2.35 bits per heavy atom. The minimum Gasteiger partial charge on any atom is -0.378 e. The number of hydrogen-bond donors (Lipinski definition) is 1. The van der Waals surface area contributed by atoms with Crippen LogP contribution < -0.4 is 10.2 Å². The predicted molar refractivity (Wildman–Crippen MR) is 87.9 cm³/mol. The van der Waals surface area contributed by atoms with Crippen LogP contribution >= 0.6 is 27.5 Å². The van der Waals surface area contributed by atoms with Crippen molar-refractivity contribution in [2.45, 2.75) is 0 Å². The number of nitrogens with zero attached hydrogens (tertiary/aromatic N) is 1. The van der Waals surface area contributed by atoms with Crippen LogP contribution in [0.5, 0.6) is 0 Å². The van der Waals surface area contributed by atoms with Crippen LogP contribution in [-0.4, -0.2) is 20.0 Å². The molecule has 0 aliphatic heterocycles. The zero-order chi connectivity index (χ0) is 14.7. The Bertz CT molecular complexity index is 626. The molecule has 104 valence electrons. The average molecular weight is 354 g/mol. The number of carbonyl (C=O) groups is 1. The molecule has 0 aliphatic carbocycles. The lowest BCUT2D eigenvalue weighted by molar-refractivity contribution is 0.102. The Kier molecular flexibility index (Phi) is 4.68. The molecule has 2 aromatic rings. The Morgan fingerprint density at radius 2 is 1.80 bits per heavy atom. The van der Waals surface area contributed by atoms with E-state index in [9.17, 15) is 4.79 Å². The summed E-state index contributed by atoms with van der Waals surface area (Å²) in [6, 6.07) is 12.7. The minimum absolute atomic E-state index is 0.159. The predicted octanol–water partition coefficient (Wildman–Crippen LogP) is 4.42. The van der Waals surface area contributed by atoms with E-state index in [4.69, 9.17) is 11.6 Å². The van der Waals surface area contributed by atoms with Crippen LogP contribution in [0.4, 0.5) is 11.4 Å². The van der Waals surface area contributed by atoms with Gasteiger partial charge >= 0.3 is 0 Å². The molecule has 3 nitrogen and oxygen atoms in total. The van der Waals surface area contributed by atoms with E-state index in [1.165, 1.54) is 0 Å². The largest absolute Gasteiger partial charge is 0.378 e. The summed E-state index contributed by atoms with van der Waals surface area (Å²) in [5, 5.41) is 3.38. The molecule has 20 heavy (non-hydrogen) atoms. The molecule has 0 saturated heterocycles. The van der Waals surface area contributed by atoms with Crippen LogP contribution in [-0.2, 0) is 0 Å². The molecule has 0 radical (unpaired) electrons. The Hall–Kier alpha value is -1.52. The maximum Gasteiger partial charge on any atom is 0.255 e. The Morgan fingerprint density at radius 1 is 1.15 bits per heavy atom. The summed E-state index contributed by atoms with van der Waals surface area (Å²) in [5.74, 6) is -0.159. The first-order chi connectivity index (χ1) is 9.47. The van der Waals surface area contributed by atoms with Gasteiger partial charge in [0.25, 0.3) is 5.91 Å². The Balaban J connectivity index is 2.13. The average Bonchev–Trinajstić information content (AvgIpc) is 2.43. The number of amides is 1. The monoisotopic (exact) mass is 352 g/mol. The van der Waals surface area contributed by atoms with Gasteiger partial charge < -0.3 is 10.2 Å². The van der Waals surface area contributed by atoms with Gasteiger partial charge in [0.1, 0.15) is 0 Å². The van der Waals surface area contributed by atoms with Crippen LogP contribution in [0.3, 0.4) is 0 Å². The second-order valence-electron chi connectivity index (χ2n) is 4.52. The minimum atomic E-state index is -0.159. The molecule has 0 unspecified atom stereocenters.